The van der Waals surface area contributed by atoms with E-state index >= 15 is 0 Å². The summed E-state index contributed by atoms with van der Waals surface area (Å²) in [6, 6.07) is 13.1. The zero-order valence-corrected chi connectivity index (χ0v) is 14.3. The summed E-state index contributed by atoms with van der Waals surface area (Å²) in [5, 5.41) is 4.41. The molecule has 1 atom stereocenters. The summed E-state index contributed by atoms with van der Waals surface area (Å²) < 4.78 is 1.87. The number of benzene rings is 1. The number of rotatable bonds is 3. The Morgan fingerprint density at radius 3 is 2.68 bits per heavy atom. The molecule has 1 unspecified atom stereocenters. The fourth-order valence-corrected chi connectivity index (χ4v) is 4.13. The van der Waals surface area contributed by atoms with Crippen LogP contribution in [0.4, 0.5) is 5.82 Å². The molecule has 2 aliphatic heterocycles. The average molecular weight is 334 g/mol. The van der Waals surface area contributed by atoms with Gasteiger partial charge < -0.3 is 4.90 Å². The number of hydrogen-bond donors (Lipinski definition) is 0. The first kappa shape index (κ1) is 14.8. The molecule has 128 valence electrons. The van der Waals surface area contributed by atoms with Crippen LogP contribution in [0.25, 0.3) is 17.0 Å². The Morgan fingerprint density at radius 1 is 1.00 bits per heavy atom. The lowest BCUT2D eigenvalue weighted by Crippen LogP contribution is -2.35. The molecule has 2 fully saturated rings. The van der Waals surface area contributed by atoms with Crippen molar-refractivity contribution in [2.45, 2.75) is 25.3 Å². The standard InChI is InChI=1S/C19H22N6/c1-2-6-15(7-3-1)17-12-18(25-19(22-17)20-14-21-25)24-11-8-16(13-24)23-9-4-5-10-23/h1-3,6-7,12,14,16H,4-5,8-11,13H2. The zero-order chi connectivity index (χ0) is 16.6. The van der Waals surface area contributed by atoms with E-state index in [1.807, 2.05) is 22.7 Å². The van der Waals surface area contributed by atoms with Crippen LogP contribution in [-0.2, 0) is 0 Å². The zero-order valence-electron chi connectivity index (χ0n) is 14.3. The van der Waals surface area contributed by atoms with Crippen molar-refractivity contribution in [2.24, 2.45) is 0 Å². The largest absolute Gasteiger partial charge is 0.355 e. The van der Waals surface area contributed by atoms with E-state index in [1.54, 1.807) is 6.33 Å². The van der Waals surface area contributed by atoms with Crippen molar-refractivity contribution in [1.82, 2.24) is 24.5 Å². The van der Waals surface area contributed by atoms with Gasteiger partial charge in [0.15, 0.2) is 0 Å². The van der Waals surface area contributed by atoms with Crippen LogP contribution in [0.1, 0.15) is 19.3 Å². The summed E-state index contributed by atoms with van der Waals surface area (Å²) in [7, 11) is 0. The molecule has 0 saturated carbocycles. The number of anilines is 1. The Balaban J connectivity index is 1.51. The van der Waals surface area contributed by atoms with Gasteiger partial charge in [0.1, 0.15) is 12.1 Å². The minimum absolute atomic E-state index is 0.661. The predicted octanol–water partition coefficient (Wildman–Crippen LogP) is 2.47. The molecule has 0 aliphatic carbocycles. The van der Waals surface area contributed by atoms with Crippen LogP contribution < -0.4 is 4.90 Å². The second-order valence-electron chi connectivity index (χ2n) is 6.97. The lowest BCUT2D eigenvalue weighted by molar-refractivity contribution is 0.260. The van der Waals surface area contributed by atoms with Gasteiger partial charge >= 0.3 is 0 Å². The summed E-state index contributed by atoms with van der Waals surface area (Å²) in [4.78, 5) is 14.1. The third kappa shape index (κ3) is 2.66. The van der Waals surface area contributed by atoms with Gasteiger partial charge in [-0.3, -0.25) is 4.90 Å². The van der Waals surface area contributed by atoms with Gasteiger partial charge in [-0.05, 0) is 32.4 Å². The lowest BCUT2D eigenvalue weighted by Gasteiger charge is -2.24. The van der Waals surface area contributed by atoms with Crippen molar-refractivity contribution in [1.29, 1.82) is 0 Å². The molecule has 0 radical (unpaired) electrons. The quantitative estimate of drug-likeness (QED) is 0.736. The highest BCUT2D eigenvalue weighted by Gasteiger charge is 2.30. The van der Waals surface area contributed by atoms with Crippen LogP contribution in [0.2, 0.25) is 0 Å². The average Bonchev–Trinajstić information content (AvgIpc) is 3.41. The molecule has 0 N–H and O–H groups in total. The summed E-state index contributed by atoms with van der Waals surface area (Å²) in [6.45, 7) is 4.63. The summed E-state index contributed by atoms with van der Waals surface area (Å²) in [6.07, 6.45) is 5.50. The van der Waals surface area contributed by atoms with Crippen LogP contribution in [0.3, 0.4) is 0 Å². The van der Waals surface area contributed by atoms with E-state index in [-0.39, 0.29) is 0 Å². The normalized spacial score (nSPS) is 21.4. The van der Waals surface area contributed by atoms with Gasteiger partial charge in [0.2, 0.25) is 0 Å². The number of likely N-dealkylation sites (tertiary alicyclic amines) is 1. The van der Waals surface area contributed by atoms with Gasteiger partial charge in [-0.1, -0.05) is 30.3 Å². The van der Waals surface area contributed by atoms with Gasteiger partial charge in [0.25, 0.3) is 5.78 Å². The maximum Gasteiger partial charge on any atom is 0.254 e. The molecule has 0 spiro atoms. The number of hydrogen-bond acceptors (Lipinski definition) is 5. The van der Waals surface area contributed by atoms with E-state index in [2.05, 4.69) is 43.1 Å². The third-order valence-electron chi connectivity index (χ3n) is 5.45. The molecular weight excluding hydrogens is 312 g/mol. The number of aromatic nitrogens is 4. The Morgan fingerprint density at radius 2 is 1.84 bits per heavy atom. The Labute approximate surface area is 147 Å². The highest BCUT2D eigenvalue weighted by atomic mass is 15.4. The molecule has 25 heavy (non-hydrogen) atoms. The SMILES string of the molecule is c1ccc(-c2cc(N3CCC(N4CCCC4)C3)n3ncnc3n2)cc1. The Kier molecular flexibility index (Phi) is 3.63. The van der Waals surface area contributed by atoms with Crippen molar-refractivity contribution >= 4 is 11.6 Å². The van der Waals surface area contributed by atoms with Crippen molar-refractivity contribution in [3.8, 4) is 11.3 Å². The van der Waals surface area contributed by atoms with Gasteiger partial charge in [0.05, 0.1) is 5.69 Å². The molecule has 0 bridgehead atoms. The molecule has 5 rings (SSSR count). The maximum absolute atomic E-state index is 4.69. The first-order valence-corrected chi connectivity index (χ1v) is 9.14. The minimum Gasteiger partial charge on any atom is -0.355 e. The van der Waals surface area contributed by atoms with Gasteiger partial charge in [0, 0.05) is 30.8 Å². The van der Waals surface area contributed by atoms with Crippen LogP contribution in [0, 0.1) is 0 Å². The van der Waals surface area contributed by atoms with Crippen molar-refractivity contribution < 1.29 is 0 Å². The van der Waals surface area contributed by atoms with Crippen LogP contribution in [-0.4, -0.2) is 56.7 Å². The Bertz CT molecular complexity index is 868. The molecule has 0 amide bonds. The van der Waals surface area contributed by atoms with Crippen LogP contribution >= 0.6 is 0 Å². The topological polar surface area (TPSA) is 49.6 Å². The van der Waals surface area contributed by atoms with Crippen molar-refractivity contribution in [3.63, 3.8) is 0 Å². The highest BCUT2D eigenvalue weighted by Crippen LogP contribution is 2.28. The van der Waals surface area contributed by atoms with Gasteiger partial charge in [-0.2, -0.15) is 14.6 Å². The molecule has 2 aromatic heterocycles. The van der Waals surface area contributed by atoms with E-state index in [4.69, 9.17) is 0 Å². The van der Waals surface area contributed by atoms with E-state index in [1.165, 1.54) is 32.4 Å². The monoisotopic (exact) mass is 334 g/mol. The highest BCUT2D eigenvalue weighted by molar-refractivity contribution is 5.65. The van der Waals surface area contributed by atoms with E-state index < -0.39 is 0 Å². The lowest BCUT2D eigenvalue weighted by atomic mass is 10.1. The minimum atomic E-state index is 0.661. The van der Waals surface area contributed by atoms with E-state index in [9.17, 15) is 0 Å². The fraction of sp³-hybridized carbons (Fsp3) is 0.421. The fourth-order valence-electron chi connectivity index (χ4n) is 4.13. The molecule has 6 nitrogen and oxygen atoms in total. The third-order valence-corrected chi connectivity index (χ3v) is 5.45. The molecule has 3 aromatic rings. The van der Waals surface area contributed by atoms with Gasteiger partial charge in [-0.25, -0.2) is 4.98 Å². The second kappa shape index (κ2) is 6.11. The van der Waals surface area contributed by atoms with Crippen molar-refractivity contribution in [2.75, 3.05) is 31.1 Å². The number of nitrogens with zero attached hydrogens (tertiary/aromatic N) is 6. The maximum atomic E-state index is 4.69. The van der Waals surface area contributed by atoms with Crippen LogP contribution in [0.15, 0.2) is 42.7 Å². The summed E-state index contributed by atoms with van der Waals surface area (Å²) in [5.74, 6) is 1.77. The van der Waals surface area contributed by atoms with E-state index in [0.717, 1.165) is 30.2 Å². The first-order chi connectivity index (χ1) is 12.4. The number of fused-ring (bicyclic) bond motifs is 1. The molecular formula is C19H22N6. The summed E-state index contributed by atoms with van der Waals surface area (Å²) >= 11 is 0. The molecule has 2 saturated heterocycles. The van der Waals surface area contributed by atoms with E-state index in [0.29, 0.717) is 11.8 Å². The van der Waals surface area contributed by atoms with Crippen molar-refractivity contribution in [3.05, 3.63) is 42.7 Å². The molecule has 6 heteroatoms. The smallest absolute Gasteiger partial charge is 0.254 e. The molecule has 2 aliphatic rings. The van der Waals surface area contributed by atoms with Crippen LogP contribution in [0.5, 0.6) is 0 Å². The van der Waals surface area contributed by atoms with Gasteiger partial charge in [-0.15, -0.1) is 0 Å². The Hall–Kier alpha value is -2.47. The first-order valence-electron chi connectivity index (χ1n) is 9.14. The summed E-state index contributed by atoms with van der Waals surface area (Å²) in [5.41, 5.74) is 2.07. The molecule has 1 aromatic carbocycles. The predicted molar refractivity (Wildman–Crippen MR) is 97.6 cm³/mol. The second-order valence-corrected chi connectivity index (χ2v) is 6.97. The molecule has 4 heterocycles.